The Hall–Kier alpha value is -2.14. The second kappa shape index (κ2) is 7.24. The van der Waals surface area contributed by atoms with Gasteiger partial charge in [-0.2, -0.15) is 0 Å². The minimum absolute atomic E-state index is 0.0930. The molecule has 0 spiro atoms. The first-order valence-electron chi connectivity index (χ1n) is 5.16. The number of hydrogen-bond donors (Lipinski definition) is 1. The van der Waals surface area contributed by atoms with E-state index in [1.54, 1.807) is 19.9 Å². The zero-order valence-corrected chi connectivity index (χ0v) is 10.4. The Bertz CT molecular complexity index is 382. The van der Waals surface area contributed by atoms with E-state index >= 15 is 0 Å². The maximum absolute atomic E-state index is 11.2. The molecule has 0 fully saturated rings. The van der Waals surface area contributed by atoms with Gasteiger partial charge in [-0.15, -0.1) is 0 Å². The molecule has 98 valence electrons. The van der Waals surface area contributed by atoms with Crippen LogP contribution in [0.1, 0.15) is 13.8 Å². The summed E-state index contributed by atoms with van der Waals surface area (Å²) in [4.78, 5) is 22.3. The summed E-state index contributed by atoms with van der Waals surface area (Å²) in [6, 6.07) is 0. The van der Waals surface area contributed by atoms with Gasteiger partial charge in [0.2, 0.25) is 0 Å². The summed E-state index contributed by atoms with van der Waals surface area (Å²) in [6.07, 6.45) is 6.15. The van der Waals surface area contributed by atoms with Crippen LogP contribution in [0.5, 0.6) is 0 Å². The zero-order chi connectivity index (χ0) is 14.2. The number of aliphatic hydroxyl groups is 1. The van der Waals surface area contributed by atoms with E-state index in [0.717, 1.165) is 12.2 Å². The van der Waals surface area contributed by atoms with Crippen molar-refractivity contribution in [3.8, 4) is 0 Å². The fourth-order valence-electron chi connectivity index (χ4n) is 1.06. The summed E-state index contributed by atoms with van der Waals surface area (Å²) in [5.41, 5.74) is 0.0930. The summed E-state index contributed by atoms with van der Waals surface area (Å²) < 4.78 is 9.31. The normalized spacial score (nSPS) is 12.1. The Morgan fingerprint density at radius 3 is 1.83 bits per heavy atom. The fourth-order valence-corrected chi connectivity index (χ4v) is 1.06. The third kappa shape index (κ3) is 4.39. The highest BCUT2D eigenvalue weighted by atomic mass is 16.8. The van der Waals surface area contributed by atoms with E-state index in [1.807, 2.05) is 0 Å². The van der Waals surface area contributed by atoms with Crippen LogP contribution in [0.4, 0.5) is 0 Å². The van der Waals surface area contributed by atoms with Crippen LogP contribution in [-0.2, 0) is 19.1 Å². The molecule has 0 atom stereocenters. The molecule has 0 rings (SSSR count). The van der Waals surface area contributed by atoms with Crippen molar-refractivity contribution in [2.45, 2.75) is 19.8 Å². The Kier molecular flexibility index (Phi) is 6.38. The van der Waals surface area contributed by atoms with Crippen LogP contribution >= 0.6 is 0 Å². The quantitative estimate of drug-likeness (QED) is 0.336. The lowest BCUT2D eigenvalue weighted by atomic mass is 10.2. The highest BCUT2D eigenvalue weighted by Crippen LogP contribution is 2.23. The van der Waals surface area contributed by atoms with E-state index < -0.39 is 17.9 Å². The standard InChI is InChI=1S/C13H16O5/c1-5-9-10(6-2)13(16,17-11(14)7-3)18-12(15)8-4/h5-9,16H,3-4H2,1-2H3. The topological polar surface area (TPSA) is 72.8 Å². The van der Waals surface area contributed by atoms with Crippen molar-refractivity contribution in [2.24, 2.45) is 0 Å². The molecule has 1 N–H and O–H groups in total. The van der Waals surface area contributed by atoms with Gasteiger partial charge in [-0.3, -0.25) is 0 Å². The van der Waals surface area contributed by atoms with Crippen LogP contribution in [-0.4, -0.2) is 23.0 Å². The first kappa shape index (κ1) is 15.9. The summed E-state index contributed by atoms with van der Waals surface area (Å²) in [5.74, 6) is -4.37. The van der Waals surface area contributed by atoms with E-state index in [2.05, 4.69) is 22.6 Å². The number of carbonyl (C=O) groups excluding carboxylic acids is 2. The van der Waals surface area contributed by atoms with E-state index in [4.69, 9.17) is 0 Å². The van der Waals surface area contributed by atoms with Crippen molar-refractivity contribution in [1.82, 2.24) is 0 Å². The lowest BCUT2D eigenvalue weighted by Gasteiger charge is -2.26. The molecule has 0 unspecified atom stereocenters. The molecule has 0 saturated carbocycles. The van der Waals surface area contributed by atoms with Crippen molar-refractivity contribution >= 4 is 11.9 Å². The molecular formula is C13H16O5. The Morgan fingerprint density at radius 1 is 1.11 bits per heavy atom. The second-order valence-corrected chi connectivity index (χ2v) is 3.08. The van der Waals surface area contributed by atoms with Crippen molar-refractivity contribution in [3.63, 3.8) is 0 Å². The predicted octanol–water partition coefficient (Wildman–Crippen LogP) is 1.61. The molecule has 0 saturated heterocycles. The lowest BCUT2D eigenvalue weighted by molar-refractivity contribution is -0.296. The molecular weight excluding hydrogens is 236 g/mol. The average molecular weight is 252 g/mol. The summed E-state index contributed by atoms with van der Waals surface area (Å²) in [7, 11) is 0. The molecule has 0 aliphatic rings. The van der Waals surface area contributed by atoms with Gasteiger partial charge in [0.05, 0.1) is 5.57 Å². The molecule has 0 aromatic heterocycles. The number of hydrogen-bond acceptors (Lipinski definition) is 5. The summed E-state index contributed by atoms with van der Waals surface area (Å²) >= 11 is 0. The van der Waals surface area contributed by atoms with E-state index in [9.17, 15) is 14.7 Å². The van der Waals surface area contributed by atoms with Crippen molar-refractivity contribution in [2.75, 3.05) is 0 Å². The third-order valence-electron chi connectivity index (χ3n) is 1.83. The maximum atomic E-state index is 11.2. The number of rotatable bonds is 6. The maximum Gasteiger partial charge on any atom is 0.403 e. The minimum atomic E-state index is -2.50. The van der Waals surface area contributed by atoms with Gasteiger partial charge in [-0.05, 0) is 13.8 Å². The van der Waals surface area contributed by atoms with Crippen LogP contribution in [0.3, 0.4) is 0 Å². The second-order valence-electron chi connectivity index (χ2n) is 3.08. The van der Waals surface area contributed by atoms with Gasteiger partial charge in [0.1, 0.15) is 0 Å². The lowest BCUT2D eigenvalue weighted by Crippen LogP contribution is -2.40. The third-order valence-corrected chi connectivity index (χ3v) is 1.83. The molecule has 0 radical (unpaired) electrons. The molecule has 0 aromatic rings. The van der Waals surface area contributed by atoms with Crippen LogP contribution in [0, 0.1) is 0 Å². The van der Waals surface area contributed by atoms with Gasteiger partial charge in [0.25, 0.3) is 0 Å². The van der Waals surface area contributed by atoms with E-state index in [-0.39, 0.29) is 5.57 Å². The fraction of sp³-hybridized carbons (Fsp3) is 0.231. The predicted molar refractivity (Wildman–Crippen MR) is 66.1 cm³/mol. The Balaban J connectivity index is 5.36. The van der Waals surface area contributed by atoms with Gasteiger partial charge < -0.3 is 14.6 Å². The zero-order valence-electron chi connectivity index (χ0n) is 10.4. The number of esters is 2. The molecule has 0 aliphatic heterocycles. The number of carbonyl (C=O) groups is 2. The molecule has 5 heteroatoms. The number of ether oxygens (including phenoxy) is 2. The van der Waals surface area contributed by atoms with E-state index in [1.165, 1.54) is 12.2 Å². The van der Waals surface area contributed by atoms with Gasteiger partial charge in [-0.25, -0.2) is 9.59 Å². The smallest absolute Gasteiger partial charge is 0.391 e. The first-order valence-corrected chi connectivity index (χ1v) is 5.16. The summed E-state index contributed by atoms with van der Waals surface area (Å²) in [6.45, 7) is 9.66. The van der Waals surface area contributed by atoms with Gasteiger partial charge in [0.15, 0.2) is 0 Å². The molecule has 0 aromatic carbocycles. The van der Waals surface area contributed by atoms with Crippen molar-refractivity contribution in [1.29, 1.82) is 0 Å². The molecule has 18 heavy (non-hydrogen) atoms. The molecule has 5 nitrogen and oxygen atoms in total. The first-order chi connectivity index (χ1) is 8.43. The number of allylic oxidation sites excluding steroid dienone is 2. The van der Waals surface area contributed by atoms with Gasteiger partial charge in [0, 0.05) is 12.2 Å². The van der Waals surface area contributed by atoms with Crippen LogP contribution in [0.15, 0.2) is 49.1 Å². The van der Waals surface area contributed by atoms with Crippen LogP contribution in [0.25, 0.3) is 0 Å². The minimum Gasteiger partial charge on any atom is -0.391 e. The molecule has 0 amide bonds. The van der Waals surface area contributed by atoms with Crippen molar-refractivity contribution < 1.29 is 24.2 Å². The largest absolute Gasteiger partial charge is 0.403 e. The monoisotopic (exact) mass is 252 g/mol. The van der Waals surface area contributed by atoms with Crippen molar-refractivity contribution in [3.05, 3.63) is 49.1 Å². The van der Waals surface area contributed by atoms with E-state index in [0.29, 0.717) is 0 Å². The summed E-state index contributed by atoms with van der Waals surface area (Å²) in [5, 5.41) is 10.1. The van der Waals surface area contributed by atoms with Crippen LogP contribution < -0.4 is 0 Å². The SMILES string of the molecule is C=CC(=O)OC(O)(OC(=O)C=C)C(C=CC)=CC. The average Bonchev–Trinajstić information content (AvgIpc) is 2.35. The highest BCUT2D eigenvalue weighted by Gasteiger charge is 2.38. The Morgan fingerprint density at radius 2 is 1.56 bits per heavy atom. The van der Waals surface area contributed by atoms with Gasteiger partial charge in [-0.1, -0.05) is 31.4 Å². The molecule has 0 aliphatic carbocycles. The molecule has 0 bridgehead atoms. The Labute approximate surface area is 106 Å². The van der Waals surface area contributed by atoms with Gasteiger partial charge >= 0.3 is 17.9 Å². The highest BCUT2D eigenvalue weighted by molar-refractivity contribution is 5.83. The molecule has 0 heterocycles. The van der Waals surface area contributed by atoms with Crippen LogP contribution in [0.2, 0.25) is 0 Å².